The van der Waals surface area contributed by atoms with Crippen molar-refractivity contribution in [3.05, 3.63) is 35.5 Å². The van der Waals surface area contributed by atoms with Crippen molar-refractivity contribution in [3.8, 4) is 0 Å². The van der Waals surface area contributed by atoms with E-state index < -0.39 is 0 Å². The van der Waals surface area contributed by atoms with Gasteiger partial charge in [0.25, 0.3) is 0 Å². The summed E-state index contributed by atoms with van der Waals surface area (Å²) in [7, 11) is 1.89. The van der Waals surface area contributed by atoms with E-state index in [1.165, 1.54) is 64.2 Å². The maximum absolute atomic E-state index is 5.84. The number of fused-ring (bicyclic) bond motifs is 1. The van der Waals surface area contributed by atoms with E-state index in [4.69, 9.17) is 4.74 Å². The molecular weight excluding hydrogens is 376 g/mol. The molecule has 0 amide bonds. The molecule has 174 valence electrons. The molecule has 1 heteroatoms. The summed E-state index contributed by atoms with van der Waals surface area (Å²) in [5, 5.41) is 0. The number of hydrogen-bond donors (Lipinski definition) is 0. The summed E-state index contributed by atoms with van der Waals surface area (Å²) in [6.07, 6.45) is 23.9. The van der Waals surface area contributed by atoms with Crippen LogP contribution in [0, 0.1) is 40.4 Å². The fourth-order valence-corrected chi connectivity index (χ4v) is 7.82. The number of methoxy groups -OCH3 is 1. The van der Waals surface area contributed by atoms with Crippen LogP contribution in [0.2, 0.25) is 0 Å². The van der Waals surface area contributed by atoms with Gasteiger partial charge in [-0.05, 0) is 105 Å². The molecule has 4 fully saturated rings. The van der Waals surface area contributed by atoms with Gasteiger partial charge in [-0.25, -0.2) is 0 Å². The zero-order valence-electron chi connectivity index (χ0n) is 21.3. The van der Waals surface area contributed by atoms with E-state index in [1.54, 1.807) is 11.1 Å². The molecule has 4 saturated carbocycles. The molecule has 31 heavy (non-hydrogen) atoms. The van der Waals surface area contributed by atoms with Gasteiger partial charge in [-0.2, -0.15) is 0 Å². The lowest BCUT2D eigenvalue weighted by Crippen LogP contribution is -2.35. The van der Waals surface area contributed by atoms with Gasteiger partial charge in [-0.1, -0.05) is 70.1 Å². The highest BCUT2D eigenvalue weighted by atomic mass is 16.5. The molecule has 4 rings (SSSR count). The molecule has 0 aliphatic heterocycles. The molecule has 0 N–H and O–H groups in total. The first kappa shape index (κ1) is 23.3. The largest absolute Gasteiger partial charge is 0.377 e. The van der Waals surface area contributed by atoms with E-state index in [1.807, 2.05) is 7.11 Å². The van der Waals surface area contributed by atoms with Gasteiger partial charge in [0, 0.05) is 7.11 Å². The zero-order valence-corrected chi connectivity index (χ0v) is 21.3. The van der Waals surface area contributed by atoms with Gasteiger partial charge in [0.2, 0.25) is 0 Å². The predicted molar refractivity (Wildman–Crippen MR) is 133 cm³/mol. The molecule has 4 aliphatic rings. The third-order valence-electron chi connectivity index (χ3n) is 9.80. The second-order valence-electron chi connectivity index (χ2n) is 12.6. The first-order valence-electron chi connectivity index (χ1n) is 13.3. The third kappa shape index (κ3) is 4.92. The van der Waals surface area contributed by atoms with Gasteiger partial charge in [-0.15, -0.1) is 0 Å². The highest BCUT2D eigenvalue weighted by Crippen LogP contribution is 2.59. The number of hydrogen-bond acceptors (Lipinski definition) is 1. The topological polar surface area (TPSA) is 9.23 Å². The van der Waals surface area contributed by atoms with Crippen molar-refractivity contribution < 1.29 is 4.74 Å². The van der Waals surface area contributed by atoms with E-state index in [0.29, 0.717) is 22.9 Å². The Balaban J connectivity index is 1.46. The van der Waals surface area contributed by atoms with Gasteiger partial charge >= 0.3 is 0 Å². The van der Waals surface area contributed by atoms with Crippen molar-refractivity contribution in [1.29, 1.82) is 0 Å². The first-order chi connectivity index (χ1) is 14.7. The standard InChI is InChI=1S/C30H48O/c1-21-18-22(2)20-24(19-21)10-11-25-8-7-15-30(5)26(12-13-27(25)30)23(3)9-14-28(31-6)29(4)16-17-29/h9-11,14,21-23,26-28H,7-8,12-13,15-20H2,1-6H3/b14-9+,24-10?,25-11+. The van der Waals surface area contributed by atoms with Gasteiger partial charge in [0.1, 0.15) is 0 Å². The van der Waals surface area contributed by atoms with E-state index >= 15 is 0 Å². The van der Waals surface area contributed by atoms with Crippen LogP contribution in [0.3, 0.4) is 0 Å². The van der Waals surface area contributed by atoms with Crippen molar-refractivity contribution in [3.63, 3.8) is 0 Å². The van der Waals surface area contributed by atoms with Crippen molar-refractivity contribution in [2.24, 2.45) is 40.4 Å². The molecule has 0 heterocycles. The summed E-state index contributed by atoms with van der Waals surface area (Å²) in [5.41, 5.74) is 4.35. The van der Waals surface area contributed by atoms with Crippen LogP contribution in [0.15, 0.2) is 35.5 Å². The highest BCUT2D eigenvalue weighted by Gasteiger charge is 2.50. The van der Waals surface area contributed by atoms with Crippen LogP contribution in [0.4, 0.5) is 0 Å². The third-order valence-corrected chi connectivity index (χ3v) is 9.80. The minimum Gasteiger partial charge on any atom is -0.377 e. The SMILES string of the molecule is COC(/C=C/C(C)C1CCC2/C(=C/C=C3CC(C)CC(C)C3)CCCC21C)C1(C)CC1. The molecule has 0 aromatic heterocycles. The van der Waals surface area contributed by atoms with Crippen LogP contribution in [-0.4, -0.2) is 13.2 Å². The average molecular weight is 425 g/mol. The van der Waals surface area contributed by atoms with Crippen molar-refractivity contribution in [2.75, 3.05) is 7.11 Å². The summed E-state index contributed by atoms with van der Waals surface area (Å²) in [6, 6.07) is 0. The van der Waals surface area contributed by atoms with Gasteiger partial charge in [0.05, 0.1) is 6.10 Å². The van der Waals surface area contributed by atoms with Gasteiger partial charge < -0.3 is 4.74 Å². The Labute approximate surface area is 192 Å². The van der Waals surface area contributed by atoms with Gasteiger partial charge in [-0.3, -0.25) is 0 Å². The molecule has 4 aliphatic carbocycles. The second kappa shape index (κ2) is 9.20. The summed E-state index contributed by atoms with van der Waals surface area (Å²) in [6.45, 7) is 12.3. The zero-order chi connectivity index (χ0) is 22.2. The van der Waals surface area contributed by atoms with E-state index in [2.05, 4.69) is 58.9 Å². The Morgan fingerprint density at radius 1 is 0.968 bits per heavy atom. The van der Waals surface area contributed by atoms with Crippen LogP contribution >= 0.6 is 0 Å². The maximum atomic E-state index is 5.84. The lowest BCUT2D eigenvalue weighted by atomic mass is 9.61. The molecule has 7 atom stereocenters. The van der Waals surface area contributed by atoms with E-state index in [0.717, 1.165) is 23.7 Å². The quantitative estimate of drug-likeness (QED) is 0.388. The van der Waals surface area contributed by atoms with Crippen LogP contribution < -0.4 is 0 Å². The van der Waals surface area contributed by atoms with Crippen LogP contribution in [0.25, 0.3) is 0 Å². The van der Waals surface area contributed by atoms with E-state index in [9.17, 15) is 0 Å². The molecule has 0 bridgehead atoms. The Morgan fingerprint density at radius 2 is 1.68 bits per heavy atom. The summed E-state index contributed by atoms with van der Waals surface area (Å²) < 4.78 is 5.84. The molecule has 0 aromatic rings. The second-order valence-corrected chi connectivity index (χ2v) is 12.6. The normalized spacial score (nSPS) is 40.7. The molecule has 0 saturated heterocycles. The Hall–Kier alpha value is -0.820. The summed E-state index contributed by atoms with van der Waals surface area (Å²) in [5.74, 6) is 3.98. The molecule has 0 spiro atoms. The van der Waals surface area contributed by atoms with Crippen LogP contribution in [-0.2, 0) is 4.74 Å². The lowest BCUT2D eigenvalue weighted by Gasteiger charge is -2.44. The van der Waals surface area contributed by atoms with E-state index in [-0.39, 0.29) is 0 Å². The van der Waals surface area contributed by atoms with Crippen molar-refractivity contribution in [2.45, 2.75) is 105 Å². The summed E-state index contributed by atoms with van der Waals surface area (Å²) in [4.78, 5) is 0. The summed E-state index contributed by atoms with van der Waals surface area (Å²) >= 11 is 0. The molecular formula is C30H48O. The van der Waals surface area contributed by atoms with Gasteiger partial charge in [0.15, 0.2) is 0 Å². The van der Waals surface area contributed by atoms with Crippen molar-refractivity contribution >= 4 is 0 Å². The minimum absolute atomic E-state index is 0.300. The Bertz CT molecular complexity index is 711. The minimum atomic E-state index is 0.300. The number of ether oxygens (including phenoxy) is 1. The first-order valence-corrected chi connectivity index (χ1v) is 13.3. The molecule has 0 radical (unpaired) electrons. The fourth-order valence-electron chi connectivity index (χ4n) is 7.82. The average Bonchev–Trinajstić information content (AvgIpc) is 3.35. The molecule has 0 aromatic carbocycles. The predicted octanol–water partition coefficient (Wildman–Crippen LogP) is 8.52. The maximum Gasteiger partial charge on any atom is 0.0805 e. The Morgan fingerprint density at radius 3 is 2.32 bits per heavy atom. The molecule has 1 nitrogen and oxygen atoms in total. The highest BCUT2D eigenvalue weighted by molar-refractivity contribution is 5.26. The van der Waals surface area contributed by atoms with Crippen molar-refractivity contribution in [1.82, 2.24) is 0 Å². The van der Waals surface area contributed by atoms with Crippen LogP contribution in [0.5, 0.6) is 0 Å². The fraction of sp³-hybridized carbons (Fsp3) is 0.800. The number of allylic oxidation sites excluding steroid dienone is 5. The molecule has 7 unspecified atom stereocenters. The lowest BCUT2D eigenvalue weighted by molar-refractivity contribution is 0.0833. The van der Waals surface area contributed by atoms with Crippen LogP contribution in [0.1, 0.15) is 98.8 Å². The smallest absolute Gasteiger partial charge is 0.0805 e. The Kier molecular flexibility index (Phi) is 6.93. The monoisotopic (exact) mass is 424 g/mol. The number of rotatable bonds is 6.